The van der Waals surface area contributed by atoms with Gasteiger partial charge in [-0.1, -0.05) is 6.92 Å². The van der Waals surface area contributed by atoms with E-state index in [4.69, 9.17) is 4.74 Å². The lowest BCUT2D eigenvalue weighted by Crippen LogP contribution is -2.48. The first kappa shape index (κ1) is 14.7. The van der Waals surface area contributed by atoms with E-state index in [1.54, 1.807) is 19.0 Å². The molecule has 19 heavy (non-hydrogen) atoms. The number of hydrogen-bond donors (Lipinski definition) is 0. The Morgan fingerprint density at radius 3 is 2.63 bits per heavy atom. The number of hydrogen-bond acceptors (Lipinski definition) is 4. The van der Waals surface area contributed by atoms with Crippen molar-refractivity contribution in [2.45, 2.75) is 32.0 Å². The SMILES string of the molecule is CCCS(=O)(=O)N1C[C@@H]2C[C@@H](C(=O)N(C)C)[C@H](C1)O2. The Hall–Kier alpha value is -0.660. The Labute approximate surface area is 114 Å². The van der Waals surface area contributed by atoms with Gasteiger partial charge in [-0.25, -0.2) is 8.42 Å². The standard InChI is InChI=1S/C12H22N2O4S/c1-4-5-19(16,17)14-7-9-6-10(11(8-14)18-9)12(15)13(2)3/h9-11H,4-8H2,1-3H3/t9-,10+,11-/m0/s1. The Morgan fingerprint density at radius 1 is 1.37 bits per heavy atom. The first-order valence-electron chi connectivity index (χ1n) is 6.69. The summed E-state index contributed by atoms with van der Waals surface area (Å²) in [6.45, 7) is 2.55. The molecule has 2 saturated heterocycles. The Kier molecular flexibility index (Phi) is 4.17. The van der Waals surface area contributed by atoms with Gasteiger partial charge in [-0.15, -0.1) is 0 Å². The summed E-state index contributed by atoms with van der Waals surface area (Å²) in [6, 6.07) is 0. The van der Waals surface area contributed by atoms with Crippen LogP contribution in [0.2, 0.25) is 0 Å². The van der Waals surface area contributed by atoms with Crippen LogP contribution in [-0.4, -0.2) is 68.7 Å². The zero-order valence-corrected chi connectivity index (χ0v) is 12.5. The maximum absolute atomic E-state index is 12.1. The van der Waals surface area contributed by atoms with Crippen LogP contribution in [0.1, 0.15) is 19.8 Å². The van der Waals surface area contributed by atoms with E-state index >= 15 is 0 Å². The van der Waals surface area contributed by atoms with E-state index in [0.29, 0.717) is 25.9 Å². The van der Waals surface area contributed by atoms with Crippen LogP contribution in [0.4, 0.5) is 0 Å². The minimum absolute atomic E-state index is 0.0299. The summed E-state index contributed by atoms with van der Waals surface area (Å²) in [7, 11) is 0.237. The average Bonchev–Trinajstić information content (AvgIpc) is 2.62. The second kappa shape index (κ2) is 5.38. The quantitative estimate of drug-likeness (QED) is 0.725. The van der Waals surface area contributed by atoms with Crippen molar-refractivity contribution < 1.29 is 17.9 Å². The molecule has 0 aromatic heterocycles. The molecular formula is C12H22N2O4S. The van der Waals surface area contributed by atoms with Gasteiger partial charge in [0.05, 0.1) is 23.9 Å². The van der Waals surface area contributed by atoms with Crippen LogP contribution in [-0.2, 0) is 19.6 Å². The molecule has 0 aliphatic carbocycles. The first-order valence-corrected chi connectivity index (χ1v) is 8.30. The molecule has 0 unspecified atom stereocenters. The molecule has 0 aromatic carbocycles. The predicted octanol–water partition coefficient (Wildman–Crippen LogP) is -0.0963. The normalized spacial score (nSPS) is 31.4. The van der Waals surface area contributed by atoms with Crippen LogP contribution < -0.4 is 0 Å². The summed E-state index contributed by atoms with van der Waals surface area (Å²) in [6.07, 6.45) is 0.800. The molecule has 0 radical (unpaired) electrons. The van der Waals surface area contributed by atoms with Crippen LogP contribution in [0.5, 0.6) is 0 Å². The molecule has 0 spiro atoms. The van der Waals surface area contributed by atoms with Crippen molar-refractivity contribution in [3.63, 3.8) is 0 Å². The molecule has 2 aliphatic rings. The van der Waals surface area contributed by atoms with Gasteiger partial charge < -0.3 is 9.64 Å². The zero-order valence-electron chi connectivity index (χ0n) is 11.7. The Bertz CT molecular complexity index is 449. The van der Waals surface area contributed by atoms with Gasteiger partial charge in [0.1, 0.15) is 0 Å². The fraction of sp³-hybridized carbons (Fsp3) is 0.917. The summed E-state index contributed by atoms with van der Waals surface area (Å²) in [4.78, 5) is 13.6. The van der Waals surface area contributed by atoms with Gasteiger partial charge in [-0.3, -0.25) is 4.79 Å². The third-order valence-electron chi connectivity index (χ3n) is 3.74. The molecule has 2 fully saturated rings. The lowest BCUT2D eigenvalue weighted by molar-refractivity contribution is -0.135. The lowest BCUT2D eigenvalue weighted by atomic mass is 9.99. The number of fused-ring (bicyclic) bond motifs is 2. The first-order chi connectivity index (χ1) is 8.85. The summed E-state index contributed by atoms with van der Waals surface area (Å²) in [5.74, 6) is -0.0114. The number of nitrogens with zero attached hydrogens (tertiary/aromatic N) is 2. The number of rotatable bonds is 4. The van der Waals surface area contributed by atoms with Crippen LogP contribution in [0, 0.1) is 5.92 Å². The fourth-order valence-electron chi connectivity index (χ4n) is 2.83. The van der Waals surface area contributed by atoms with Gasteiger partial charge >= 0.3 is 0 Å². The van der Waals surface area contributed by atoms with E-state index in [1.165, 1.54) is 4.31 Å². The lowest BCUT2D eigenvalue weighted by Gasteiger charge is -2.32. The van der Waals surface area contributed by atoms with Crippen molar-refractivity contribution in [3.05, 3.63) is 0 Å². The molecule has 0 saturated carbocycles. The second-order valence-electron chi connectivity index (χ2n) is 5.50. The van der Waals surface area contributed by atoms with Crippen molar-refractivity contribution in [1.29, 1.82) is 0 Å². The molecule has 2 rings (SSSR count). The highest BCUT2D eigenvalue weighted by atomic mass is 32.2. The van der Waals surface area contributed by atoms with Gasteiger partial charge in [-0.2, -0.15) is 4.31 Å². The van der Waals surface area contributed by atoms with Crippen molar-refractivity contribution in [1.82, 2.24) is 9.21 Å². The Morgan fingerprint density at radius 2 is 2.05 bits per heavy atom. The molecule has 6 nitrogen and oxygen atoms in total. The van der Waals surface area contributed by atoms with Gasteiger partial charge in [0.25, 0.3) is 0 Å². The summed E-state index contributed by atoms with van der Waals surface area (Å²) < 4.78 is 31.4. The predicted molar refractivity (Wildman–Crippen MR) is 71.1 cm³/mol. The highest BCUT2D eigenvalue weighted by Crippen LogP contribution is 2.34. The topological polar surface area (TPSA) is 66.9 Å². The van der Waals surface area contributed by atoms with E-state index in [-0.39, 0.29) is 29.8 Å². The summed E-state index contributed by atoms with van der Waals surface area (Å²) in [5, 5.41) is 0. The Balaban J connectivity index is 2.09. The number of ether oxygens (including phenoxy) is 1. The molecular weight excluding hydrogens is 268 g/mol. The second-order valence-corrected chi connectivity index (χ2v) is 7.59. The maximum atomic E-state index is 12.1. The molecule has 3 atom stereocenters. The van der Waals surface area contributed by atoms with Crippen LogP contribution in [0.25, 0.3) is 0 Å². The van der Waals surface area contributed by atoms with Crippen molar-refractivity contribution in [3.8, 4) is 0 Å². The number of morpholine rings is 1. The summed E-state index contributed by atoms with van der Waals surface area (Å²) in [5.41, 5.74) is 0. The molecule has 2 aliphatic heterocycles. The number of carbonyl (C=O) groups is 1. The van der Waals surface area contributed by atoms with E-state index in [1.807, 2.05) is 6.92 Å². The monoisotopic (exact) mass is 290 g/mol. The van der Waals surface area contributed by atoms with Crippen molar-refractivity contribution in [2.24, 2.45) is 5.92 Å². The molecule has 1 amide bonds. The third kappa shape index (κ3) is 2.93. The summed E-state index contributed by atoms with van der Waals surface area (Å²) >= 11 is 0. The molecule has 2 bridgehead atoms. The van der Waals surface area contributed by atoms with E-state index < -0.39 is 10.0 Å². The maximum Gasteiger partial charge on any atom is 0.227 e. The zero-order chi connectivity index (χ0) is 14.2. The van der Waals surface area contributed by atoms with Crippen molar-refractivity contribution >= 4 is 15.9 Å². The van der Waals surface area contributed by atoms with Gasteiger partial charge in [0.2, 0.25) is 15.9 Å². The number of amides is 1. The van der Waals surface area contributed by atoms with Gasteiger partial charge in [-0.05, 0) is 12.8 Å². The van der Waals surface area contributed by atoms with Gasteiger partial charge in [0, 0.05) is 27.2 Å². The molecule has 0 aromatic rings. The van der Waals surface area contributed by atoms with E-state index in [0.717, 1.165) is 0 Å². The fourth-order valence-corrected chi connectivity index (χ4v) is 4.37. The molecule has 0 N–H and O–H groups in total. The van der Waals surface area contributed by atoms with E-state index in [9.17, 15) is 13.2 Å². The average molecular weight is 290 g/mol. The minimum atomic E-state index is -3.20. The van der Waals surface area contributed by atoms with E-state index in [2.05, 4.69) is 0 Å². The highest BCUT2D eigenvalue weighted by molar-refractivity contribution is 7.89. The smallest absolute Gasteiger partial charge is 0.227 e. The largest absolute Gasteiger partial charge is 0.371 e. The van der Waals surface area contributed by atoms with Gasteiger partial charge in [0.15, 0.2) is 0 Å². The minimum Gasteiger partial charge on any atom is -0.371 e. The number of sulfonamides is 1. The molecule has 110 valence electrons. The van der Waals surface area contributed by atoms with Crippen molar-refractivity contribution in [2.75, 3.05) is 32.9 Å². The van der Waals surface area contributed by atoms with Crippen LogP contribution in [0.3, 0.4) is 0 Å². The molecule has 7 heteroatoms. The molecule has 2 heterocycles. The third-order valence-corrected chi connectivity index (χ3v) is 5.75. The van der Waals surface area contributed by atoms with Crippen LogP contribution in [0.15, 0.2) is 0 Å². The highest BCUT2D eigenvalue weighted by Gasteiger charge is 2.47. The number of carbonyl (C=O) groups excluding carboxylic acids is 1. The van der Waals surface area contributed by atoms with Crippen LogP contribution >= 0.6 is 0 Å².